The molecule has 0 fully saturated rings. The summed E-state index contributed by atoms with van der Waals surface area (Å²) in [4.78, 5) is 8.12. The maximum atomic E-state index is 4.34. The number of anilines is 2. The number of hydrogen-bond donors (Lipinski definition) is 1. The Labute approximate surface area is 111 Å². The summed E-state index contributed by atoms with van der Waals surface area (Å²) in [6.07, 6.45) is 3.17. The van der Waals surface area contributed by atoms with E-state index in [1.807, 2.05) is 6.20 Å². The van der Waals surface area contributed by atoms with E-state index in [1.165, 1.54) is 22.7 Å². The number of hydrogen-bond acceptors (Lipinski definition) is 4. The predicted molar refractivity (Wildman–Crippen MR) is 77.4 cm³/mol. The van der Waals surface area contributed by atoms with Gasteiger partial charge in [-0.05, 0) is 25.5 Å². The summed E-state index contributed by atoms with van der Waals surface area (Å²) in [7, 11) is 0. The summed E-state index contributed by atoms with van der Waals surface area (Å²) in [6.45, 7) is 5.17. The Balaban J connectivity index is 1.87. The molecule has 0 radical (unpaired) electrons. The molecule has 3 nitrogen and oxygen atoms in total. The molecule has 1 N–H and O–H groups in total. The largest absolute Gasteiger partial charge is 0.383 e. The Morgan fingerprint density at radius 2 is 2.28 bits per heavy atom. The molecule has 2 heterocycles. The number of aryl methyl sites for hydroxylation is 1. The van der Waals surface area contributed by atoms with Gasteiger partial charge in [0.15, 0.2) is 0 Å². The lowest BCUT2D eigenvalue weighted by atomic mass is 10.2. The second kappa shape index (κ2) is 4.98. The molecule has 94 valence electrons. The zero-order valence-electron chi connectivity index (χ0n) is 10.5. The van der Waals surface area contributed by atoms with Crippen molar-refractivity contribution >= 4 is 22.7 Å². The van der Waals surface area contributed by atoms with Crippen LogP contribution in [-0.4, -0.2) is 18.1 Å². The lowest BCUT2D eigenvalue weighted by molar-refractivity contribution is 0.769. The van der Waals surface area contributed by atoms with E-state index in [-0.39, 0.29) is 0 Å². The summed E-state index contributed by atoms with van der Waals surface area (Å²) in [6, 6.07) is 8.55. The summed E-state index contributed by atoms with van der Waals surface area (Å²) < 4.78 is 0. The smallest absolute Gasteiger partial charge is 0.0897 e. The zero-order chi connectivity index (χ0) is 12.4. The van der Waals surface area contributed by atoms with Gasteiger partial charge in [0.05, 0.1) is 22.9 Å². The van der Waals surface area contributed by atoms with Gasteiger partial charge in [-0.25, -0.2) is 4.98 Å². The van der Waals surface area contributed by atoms with Crippen molar-refractivity contribution in [3.8, 4) is 0 Å². The van der Waals surface area contributed by atoms with E-state index in [9.17, 15) is 0 Å². The number of benzene rings is 1. The van der Waals surface area contributed by atoms with Gasteiger partial charge in [0, 0.05) is 24.2 Å². The molecule has 18 heavy (non-hydrogen) atoms. The van der Waals surface area contributed by atoms with Crippen LogP contribution in [0.2, 0.25) is 0 Å². The van der Waals surface area contributed by atoms with E-state index in [0.29, 0.717) is 0 Å². The topological polar surface area (TPSA) is 28.2 Å². The van der Waals surface area contributed by atoms with Gasteiger partial charge in [0.1, 0.15) is 0 Å². The highest BCUT2D eigenvalue weighted by molar-refractivity contribution is 7.11. The number of aromatic nitrogens is 1. The molecule has 0 aliphatic carbocycles. The van der Waals surface area contributed by atoms with Crippen LogP contribution >= 0.6 is 11.3 Å². The van der Waals surface area contributed by atoms with Crippen LogP contribution in [0, 0.1) is 6.92 Å². The standard InChI is InChI=1S/C14H17N3S/c1-11-16-9-12(18-11)10-17-8-4-7-15-13-5-2-3-6-14(13)17/h2-3,5-6,9,15H,4,7-8,10H2,1H3. The highest BCUT2D eigenvalue weighted by Gasteiger charge is 2.15. The number of para-hydroxylation sites is 2. The maximum absolute atomic E-state index is 4.34. The quantitative estimate of drug-likeness (QED) is 0.897. The van der Waals surface area contributed by atoms with Crippen LogP contribution in [0.5, 0.6) is 0 Å². The molecule has 0 unspecified atom stereocenters. The van der Waals surface area contributed by atoms with Crippen LogP contribution in [0.15, 0.2) is 30.5 Å². The van der Waals surface area contributed by atoms with Crippen molar-refractivity contribution in [3.05, 3.63) is 40.3 Å². The summed E-state index contributed by atoms with van der Waals surface area (Å²) in [5.74, 6) is 0. The maximum Gasteiger partial charge on any atom is 0.0897 e. The normalized spacial score (nSPS) is 14.8. The van der Waals surface area contributed by atoms with E-state index in [0.717, 1.165) is 24.6 Å². The average Bonchev–Trinajstić information content (AvgIpc) is 2.68. The SMILES string of the molecule is Cc1ncc(CN2CCCNc3ccccc32)s1. The van der Waals surface area contributed by atoms with E-state index in [1.54, 1.807) is 11.3 Å². The Kier molecular flexibility index (Phi) is 3.19. The van der Waals surface area contributed by atoms with Crippen LogP contribution in [0.4, 0.5) is 11.4 Å². The first-order valence-corrected chi connectivity index (χ1v) is 7.14. The molecule has 0 saturated heterocycles. The molecule has 3 rings (SSSR count). The Morgan fingerprint density at radius 3 is 3.11 bits per heavy atom. The third-order valence-electron chi connectivity index (χ3n) is 3.18. The highest BCUT2D eigenvalue weighted by Crippen LogP contribution is 2.29. The highest BCUT2D eigenvalue weighted by atomic mass is 32.1. The fourth-order valence-corrected chi connectivity index (χ4v) is 3.15. The Morgan fingerprint density at radius 1 is 1.39 bits per heavy atom. The van der Waals surface area contributed by atoms with Crippen molar-refractivity contribution in [2.45, 2.75) is 19.9 Å². The third-order valence-corrected chi connectivity index (χ3v) is 4.08. The Bertz CT molecular complexity index is 535. The summed E-state index contributed by atoms with van der Waals surface area (Å²) >= 11 is 1.79. The molecule has 1 aromatic heterocycles. The molecule has 4 heteroatoms. The van der Waals surface area contributed by atoms with Crippen LogP contribution in [0.3, 0.4) is 0 Å². The minimum Gasteiger partial charge on any atom is -0.383 e. The van der Waals surface area contributed by atoms with Crippen LogP contribution in [-0.2, 0) is 6.54 Å². The zero-order valence-corrected chi connectivity index (χ0v) is 11.3. The molecule has 0 bridgehead atoms. The summed E-state index contributed by atoms with van der Waals surface area (Å²) in [5.41, 5.74) is 2.55. The lowest BCUT2D eigenvalue weighted by Gasteiger charge is -2.23. The molecule has 0 saturated carbocycles. The molecule has 2 aromatic rings. The monoisotopic (exact) mass is 259 g/mol. The van der Waals surface area contributed by atoms with E-state index in [2.05, 4.69) is 46.4 Å². The van der Waals surface area contributed by atoms with Crippen molar-refractivity contribution in [1.82, 2.24) is 4.98 Å². The van der Waals surface area contributed by atoms with Crippen molar-refractivity contribution in [2.75, 3.05) is 23.3 Å². The van der Waals surface area contributed by atoms with Gasteiger partial charge in [-0.15, -0.1) is 11.3 Å². The number of nitrogens with one attached hydrogen (secondary N) is 1. The molecular formula is C14H17N3S. The van der Waals surface area contributed by atoms with Crippen molar-refractivity contribution in [1.29, 1.82) is 0 Å². The number of thiazole rings is 1. The van der Waals surface area contributed by atoms with Gasteiger partial charge in [-0.3, -0.25) is 0 Å². The van der Waals surface area contributed by atoms with Gasteiger partial charge in [-0.2, -0.15) is 0 Å². The third kappa shape index (κ3) is 2.34. The second-order valence-electron chi connectivity index (χ2n) is 4.56. The minimum atomic E-state index is 0.962. The van der Waals surface area contributed by atoms with Gasteiger partial charge in [-0.1, -0.05) is 12.1 Å². The predicted octanol–water partition coefficient (Wildman–Crippen LogP) is 3.27. The first-order chi connectivity index (χ1) is 8.83. The lowest BCUT2D eigenvalue weighted by Crippen LogP contribution is -2.22. The number of nitrogens with zero attached hydrogens (tertiary/aromatic N) is 2. The molecule has 1 aliphatic rings. The van der Waals surface area contributed by atoms with E-state index < -0.39 is 0 Å². The van der Waals surface area contributed by atoms with E-state index in [4.69, 9.17) is 0 Å². The van der Waals surface area contributed by atoms with Crippen LogP contribution in [0.1, 0.15) is 16.3 Å². The molecule has 0 spiro atoms. The molecule has 0 amide bonds. The van der Waals surface area contributed by atoms with Gasteiger partial charge < -0.3 is 10.2 Å². The van der Waals surface area contributed by atoms with Gasteiger partial charge in [0.2, 0.25) is 0 Å². The summed E-state index contributed by atoms with van der Waals surface area (Å²) in [5, 5.41) is 4.64. The fourth-order valence-electron chi connectivity index (χ4n) is 2.34. The van der Waals surface area contributed by atoms with Crippen LogP contribution < -0.4 is 10.2 Å². The minimum absolute atomic E-state index is 0.962. The molecule has 0 atom stereocenters. The molecule has 1 aromatic carbocycles. The first kappa shape index (κ1) is 11.5. The average molecular weight is 259 g/mol. The van der Waals surface area contributed by atoms with Crippen LogP contribution in [0.25, 0.3) is 0 Å². The van der Waals surface area contributed by atoms with Crippen molar-refractivity contribution < 1.29 is 0 Å². The molecule has 1 aliphatic heterocycles. The van der Waals surface area contributed by atoms with E-state index >= 15 is 0 Å². The van der Waals surface area contributed by atoms with Crippen molar-refractivity contribution in [3.63, 3.8) is 0 Å². The number of fused-ring (bicyclic) bond motifs is 1. The second-order valence-corrected chi connectivity index (χ2v) is 5.88. The fraction of sp³-hybridized carbons (Fsp3) is 0.357. The number of rotatable bonds is 2. The Hall–Kier alpha value is -1.55. The van der Waals surface area contributed by atoms with Gasteiger partial charge >= 0.3 is 0 Å². The van der Waals surface area contributed by atoms with Crippen molar-refractivity contribution in [2.24, 2.45) is 0 Å². The van der Waals surface area contributed by atoms with Gasteiger partial charge in [0.25, 0.3) is 0 Å². The first-order valence-electron chi connectivity index (χ1n) is 6.32. The molecular weight excluding hydrogens is 242 g/mol.